The van der Waals surface area contributed by atoms with Crippen molar-refractivity contribution in [2.24, 2.45) is 0 Å². The smallest absolute Gasteiger partial charge is 0.151 e. The highest BCUT2D eigenvalue weighted by Gasteiger charge is 2.13. The number of thioether (sulfide) groups is 1. The SMILES string of the molecule is CCCNCc1cc(CN2CCSCC2)on1. The molecule has 2 rings (SSSR count). The lowest BCUT2D eigenvalue weighted by atomic mass is 10.3. The molecule has 5 heteroatoms. The molecule has 0 aromatic carbocycles. The molecule has 1 aromatic rings. The maximum absolute atomic E-state index is 5.36. The number of hydrogen-bond acceptors (Lipinski definition) is 5. The van der Waals surface area contributed by atoms with Crippen LogP contribution in [-0.4, -0.2) is 41.2 Å². The predicted molar refractivity (Wildman–Crippen MR) is 71.1 cm³/mol. The summed E-state index contributed by atoms with van der Waals surface area (Å²) in [4.78, 5) is 2.43. The summed E-state index contributed by atoms with van der Waals surface area (Å²) in [5, 5.41) is 7.41. The maximum atomic E-state index is 5.36. The molecule has 0 aliphatic carbocycles. The summed E-state index contributed by atoms with van der Waals surface area (Å²) in [7, 11) is 0. The van der Waals surface area contributed by atoms with Crippen LogP contribution in [0.2, 0.25) is 0 Å². The molecule has 1 saturated heterocycles. The van der Waals surface area contributed by atoms with Crippen LogP contribution in [0.15, 0.2) is 10.6 Å². The van der Waals surface area contributed by atoms with Gasteiger partial charge in [-0.05, 0) is 13.0 Å². The number of rotatable bonds is 6. The number of aromatic nitrogens is 1. The molecule has 1 aromatic heterocycles. The second-order valence-electron chi connectivity index (χ2n) is 4.35. The standard InChI is InChI=1S/C12H21N3OS/c1-2-3-13-9-11-8-12(16-14-11)10-15-4-6-17-7-5-15/h8,13H,2-7,9-10H2,1H3. The van der Waals surface area contributed by atoms with E-state index < -0.39 is 0 Å². The molecule has 1 fully saturated rings. The Labute approximate surface area is 107 Å². The van der Waals surface area contributed by atoms with Gasteiger partial charge in [-0.1, -0.05) is 12.1 Å². The minimum Gasteiger partial charge on any atom is -0.360 e. The quantitative estimate of drug-likeness (QED) is 0.784. The van der Waals surface area contributed by atoms with E-state index in [0.29, 0.717) is 0 Å². The van der Waals surface area contributed by atoms with Gasteiger partial charge in [0.05, 0.1) is 12.2 Å². The fourth-order valence-electron chi connectivity index (χ4n) is 1.89. The molecule has 1 aliphatic heterocycles. The van der Waals surface area contributed by atoms with Gasteiger partial charge >= 0.3 is 0 Å². The van der Waals surface area contributed by atoms with E-state index in [2.05, 4.69) is 28.4 Å². The van der Waals surface area contributed by atoms with Crippen LogP contribution >= 0.6 is 11.8 Å². The van der Waals surface area contributed by atoms with Gasteiger partial charge < -0.3 is 9.84 Å². The van der Waals surface area contributed by atoms with Crippen LogP contribution in [0.5, 0.6) is 0 Å². The van der Waals surface area contributed by atoms with Crippen molar-refractivity contribution >= 4 is 11.8 Å². The van der Waals surface area contributed by atoms with E-state index in [-0.39, 0.29) is 0 Å². The Morgan fingerprint density at radius 3 is 3.06 bits per heavy atom. The number of nitrogens with zero attached hydrogens (tertiary/aromatic N) is 2. The van der Waals surface area contributed by atoms with E-state index in [1.165, 1.54) is 11.5 Å². The van der Waals surface area contributed by atoms with Gasteiger partial charge in [0.1, 0.15) is 0 Å². The van der Waals surface area contributed by atoms with Gasteiger partial charge in [0.2, 0.25) is 0 Å². The highest BCUT2D eigenvalue weighted by atomic mass is 32.2. The Balaban J connectivity index is 1.76. The van der Waals surface area contributed by atoms with Gasteiger partial charge in [-0.2, -0.15) is 11.8 Å². The Kier molecular flexibility index (Phi) is 5.35. The molecule has 1 aliphatic rings. The van der Waals surface area contributed by atoms with Crippen molar-refractivity contribution in [1.82, 2.24) is 15.4 Å². The molecule has 0 bridgehead atoms. The zero-order valence-electron chi connectivity index (χ0n) is 10.4. The van der Waals surface area contributed by atoms with Gasteiger partial charge in [-0.25, -0.2) is 0 Å². The molecular formula is C12H21N3OS. The molecule has 0 spiro atoms. The lowest BCUT2D eigenvalue weighted by Gasteiger charge is -2.24. The first kappa shape index (κ1) is 12.9. The maximum Gasteiger partial charge on any atom is 0.151 e. The minimum absolute atomic E-state index is 0.813. The Bertz CT molecular complexity index is 323. The Hall–Kier alpha value is -0.520. The van der Waals surface area contributed by atoms with Gasteiger partial charge in [0.15, 0.2) is 5.76 Å². The third-order valence-electron chi connectivity index (χ3n) is 2.82. The molecule has 96 valence electrons. The van der Waals surface area contributed by atoms with E-state index in [1.807, 2.05) is 11.8 Å². The van der Waals surface area contributed by atoms with Crippen LogP contribution in [0, 0.1) is 0 Å². The zero-order chi connectivity index (χ0) is 11.9. The number of hydrogen-bond donors (Lipinski definition) is 1. The molecular weight excluding hydrogens is 234 g/mol. The zero-order valence-corrected chi connectivity index (χ0v) is 11.3. The van der Waals surface area contributed by atoms with Crippen molar-refractivity contribution < 1.29 is 4.52 Å². The number of nitrogens with one attached hydrogen (secondary N) is 1. The highest BCUT2D eigenvalue weighted by molar-refractivity contribution is 7.99. The van der Waals surface area contributed by atoms with Gasteiger partial charge in [-0.15, -0.1) is 0 Å². The van der Waals surface area contributed by atoms with Crippen LogP contribution in [0.25, 0.3) is 0 Å². The molecule has 0 unspecified atom stereocenters. The fourth-order valence-corrected chi connectivity index (χ4v) is 2.87. The summed E-state index contributed by atoms with van der Waals surface area (Å²) in [5.41, 5.74) is 1.01. The molecule has 0 amide bonds. The van der Waals surface area contributed by atoms with Gasteiger partial charge in [0.25, 0.3) is 0 Å². The highest BCUT2D eigenvalue weighted by Crippen LogP contribution is 2.13. The van der Waals surface area contributed by atoms with Crippen molar-refractivity contribution in [3.63, 3.8) is 0 Å². The summed E-state index contributed by atoms with van der Waals surface area (Å²) in [6.45, 7) is 7.24. The van der Waals surface area contributed by atoms with E-state index in [9.17, 15) is 0 Å². The van der Waals surface area contributed by atoms with Crippen molar-refractivity contribution in [3.05, 3.63) is 17.5 Å². The average Bonchev–Trinajstić information content (AvgIpc) is 2.79. The van der Waals surface area contributed by atoms with Gasteiger partial charge in [-0.3, -0.25) is 4.90 Å². The van der Waals surface area contributed by atoms with E-state index in [4.69, 9.17) is 4.52 Å². The molecule has 0 saturated carbocycles. The van der Waals surface area contributed by atoms with Crippen molar-refractivity contribution in [3.8, 4) is 0 Å². The lowest BCUT2D eigenvalue weighted by Crippen LogP contribution is -2.31. The second-order valence-corrected chi connectivity index (χ2v) is 5.57. The lowest BCUT2D eigenvalue weighted by molar-refractivity contribution is 0.250. The summed E-state index contributed by atoms with van der Waals surface area (Å²) >= 11 is 2.03. The Morgan fingerprint density at radius 2 is 2.29 bits per heavy atom. The topological polar surface area (TPSA) is 41.3 Å². The van der Waals surface area contributed by atoms with Crippen molar-refractivity contribution in [2.75, 3.05) is 31.1 Å². The average molecular weight is 255 g/mol. The normalized spacial score (nSPS) is 17.5. The van der Waals surface area contributed by atoms with Crippen LogP contribution in [0.3, 0.4) is 0 Å². The summed E-state index contributed by atoms with van der Waals surface area (Å²) < 4.78 is 5.36. The third-order valence-corrected chi connectivity index (χ3v) is 3.77. The first-order valence-electron chi connectivity index (χ1n) is 6.34. The fraction of sp³-hybridized carbons (Fsp3) is 0.750. The molecule has 0 radical (unpaired) electrons. The predicted octanol–water partition coefficient (Wildman–Crippen LogP) is 1.72. The van der Waals surface area contributed by atoms with E-state index >= 15 is 0 Å². The summed E-state index contributed by atoms with van der Waals surface area (Å²) in [6, 6.07) is 2.07. The molecule has 1 N–H and O–H groups in total. The third kappa shape index (κ3) is 4.33. The minimum atomic E-state index is 0.813. The summed E-state index contributed by atoms with van der Waals surface area (Å²) in [6.07, 6.45) is 1.15. The van der Waals surface area contributed by atoms with Crippen LogP contribution < -0.4 is 5.32 Å². The largest absolute Gasteiger partial charge is 0.360 e. The molecule has 0 atom stereocenters. The van der Waals surface area contributed by atoms with Crippen molar-refractivity contribution in [1.29, 1.82) is 0 Å². The van der Waals surface area contributed by atoms with E-state index in [1.54, 1.807) is 0 Å². The second kappa shape index (κ2) is 7.03. The first-order valence-corrected chi connectivity index (χ1v) is 7.49. The molecule has 4 nitrogen and oxygen atoms in total. The first-order chi connectivity index (χ1) is 8.38. The van der Waals surface area contributed by atoms with Crippen LogP contribution in [-0.2, 0) is 13.1 Å². The molecule has 2 heterocycles. The van der Waals surface area contributed by atoms with E-state index in [0.717, 1.165) is 50.6 Å². The van der Waals surface area contributed by atoms with Gasteiger partial charge in [0, 0.05) is 37.2 Å². The van der Waals surface area contributed by atoms with Crippen LogP contribution in [0.4, 0.5) is 0 Å². The molecule has 17 heavy (non-hydrogen) atoms. The van der Waals surface area contributed by atoms with Crippen molar-refractivity contribution in [2.45, 2.75) is 26.4 Å². The van der Waals surface area contributed by atoms with Crippen LogP contribution in [0.1, 0.15) is 24.8 Å². The monoisotopic (exact) mass is 255 g/mol. The summed E-state index contributed by atoms with van der Waals surface area (Å²) in [5.74, 6) is 3.46. The Morgan fingerprint density at radius 1 is 1.47 bits per heavy atom.